The molecule has 1 N–H and O–H groups in total. The molecule has 86 valence electrons. The molecule has 0 atom stereocenters. The van der Waals surface area contributed by atoms with Crippen molar-refractivity contribution in [2.75, 3.05) is 5.32 Å². The monoisotopic (exact) mass is 236 g/mol. The SMILES string of the molecule is Cc1ncsc1CNc1cnn(C(C)C)c1. The summed E-state index contributed by atoms with van der Waals surface area (Å²) in [5.74, 6) is 0. The number of aryl methyl sites for hydroxylation is 1. The van der Waals surface area contributed by atoms with Gasteiger partial charge in [0.15, 0.2) is 0 Å². The van der Waals surface area contributed by atoms with Gasteiger partial charge in [-0.15, -0.1) is 11.3 Å². The molecule has 0 bridgehead atoms. The Kier molecular flexibility index (Phi) is 3.24. The molecule has 2 aromatic heterocycles. The zero-order valence-corrected chi connectivity index (χ0v) is 10.6. The summed E-state index contributed by atoms with van der Waals surface area (Å²) in [6.45, 7) is 7.08. The fourth-order valence-electron chi connectivity index (χ4n) is 1.39. The summed E-state index contributed by atoms with van der Waals surface area (Å²) >= 11 is 1.68. The van der Waals surface area contributed by atoms with E-state index in [1.807, 2.05) is 29.5 Å². The van der Waals surface area contributed by atoms with Crippen molar-refractivity contribution < 1.29 is 0 Å². The van der Waals surface area contributed by atoms with Gasteiger partial charge in [0.25, 0.3) is 0 Å². The lowest BCUT2D eigenvalue weighted by atomic mass is 10.4. The summed E-state index contributed by atoms with van der Waals surface area (Å²) in [5.41, 5.74) is 4.04. The van der Waals surface area contributed by atoms with E-state index in [0.717, 1.165) is 17.9 Å². The van der Waals surface area contributed by atoms with Crippen LogP contribution in [0.3, 0.4) is 0 Å². The molecule has 0 amide bonds. The van der Waals surface area contributed by atoms with E-state index in [-0.39, 0.29) is 0 Å². The van der Waals surface area contributed by atoms with Crippen LogP contribution < -0.4 is 5.32 Å². The summed E-state index contributed by atoms with van der Waals surface area (Å²) in [7, 11) is 0. The van der Waals surface area contributed by atoms with Crippen molar-refractivity contribution in [3.8, 4) is 0 Å². The van der Waals surface area contributed by atoms with Gasteiger partial charge in [-0.3, -0.25) is 4.68 Å². The molecule has 0 aliphatic rings. The smallest absolute Gasteiger partial charge is 0.0798 e. The molecular formula is C11H16N4S. The highest BCUT2D eigenvalue weighted by atomic mass is 32.1. The van der Waals surface area contributed by atoms with Crippen molar-refractivity contribution in [3.63, 3.8) is 0 Å². The van der Waals surface area contributed by atoms with Crippen molar-refractivity contribution in [2.24, 2.45) is 0 Å². The molecule has 0 unspecified atom stereocenters. The van der Waals surface area contributed by atoms with Crippen LogP contribution in [0.1, 0.15) is 30.5 Å². The summed E-state index contributed by atoms with van der Waals surface area (Å²) in [6, 6.07) is 0.403. The van der Waals surface area contributed by atoms with Gasteiger partial charge in [0.2, 0.25) is 0 Å². The average molecular weight is 236 g/mol. The highest BCUT2D eigenvalue weighted by molar-refractivity contribution is 7.09. The van der Waals surface area contributed by atoms with Gasteiger partial charge in [-0.05, 0) is 20.8 Å². The maximum absolute atomic E-state index is 4.28. The number of aromatic nitrogens is 3. The van der Waals surface area contributed by atoms with Crippen LogP contribution in [0.25, 0.3) is 0 Å². The van der Waals surface area contributed by atoms with Crippen LogP contribution in [-0.2, 0) is 6.54 Å². The van der Waals surface area contributed by atoms with Gasteiger partial charge in [0, 0.05) is 17.1 Å². The minimum atomic E-state index is 0.403. The molecule has 2 rings (SSSR count). The molecule has 5 heteroatoms. The molecule has 4 nitrogen and oxygen atoms in total. The first-order valence-corrected chi connectivity index (χ1v) is 6.22. The van der Waals surface area contributed by atoms with Gasteiger partial charge < -0.3 is 5.32 Å². The van der Waals surface area contributed by atoms with Gasteiger partial charge in [-0.2, -0.15) is 5.10 Å². The van der Waals surface area contributed by atoms with Gasteiger partial charge in [-0.25, -0.2) is 4.98 Å². The molecular weight excluding hydrogens is 220 g/mol. The Labute approximate surface area is 99.3 Å². The number of thiazole rings is 1. The van der Waals surface area contributed by atoms with Crippen molar-refractivity contribution in [1.29, 1.82) is 0 Å². The molecule has 0 aromatic carbocycles. The van der Waals surface area contributed by atoms with Crippen molar-refractivity contribution in [1.82, 2.24) is 14.8 Å². The van der Waals surface area contributed by atoms with E-state index in [4.69, 9.17) is 0 Å². The van der Waals surface area contributed by atoms with E-state index in [9.17, 15) is 0 Å². The lowest BCUT2D eigenvalue weighted by Crippen LogP contribution is -2.01. The standard InChI is InChI=1S/C11H16N4S/c1-8(2)15-6-10(4-14-15)12-5-11-9(3)13-7-16-11/h4,6-8,12H,5H2,1-3H3. The largest absolute Gasteiger partial charge is 0.378 e. The van der Waals surface area contributed by atoms with E-state index < -0.39 is 0 Å². The maximum Gasteiger partial charge on any atom is 0.0798 e. The Morgan fingerprint density at radius 1 is 1.50 bits per heavy atom. The van der Waals surface area contributed by atoms with Crippen molar-refractivity contribution in [3.05, 3.63) is 28.5 Å². The second kappa shape index (κ2) is 4.65. The van der Waals surface area contributed by atoms with Crippen LogP contribution in [0.4, 0.5) is 5.69 Å². The van der Waals surface area contributed by atoms with Gasteiger partial charge in [-0.1, -0.05) is 0 Å². The lowest BCUT2D eigenvalue weighted by molar-refractivity contribution is 0.532. The Hall–Kier alpha value is -1.36. The van der Waals surface area contributed by atoms with Crippen LogP contribution >= 0.6 is 11.3 Å². The van der Waals surface area contributed by atoms with E-state index in [1.165, 1.54) is 4.88 Å². The summed E-state index contributed by atoms with van der Waals surface area (Å²) in [5, 5.41) is 7.63. The van der Waals surface area contributed by atoms with Crippen LogP contribution in [0.15, 0.2) is 17.9 Å². The first-order valence-electron chi connectivity index (χ1n) is 5.34. The minimum Gasteiger partial charge on any atom is -0.378 e. The summed E-state index contributed by atoms with van der Waals surface area (Å²) in [6.07, 6.45) is 3.89. The second-order valence-corrected chi connectivity index (χ2v) is 4.96. The maximum atomic E-state index is 4.28. The zero-order valence-electron chi connectivity index (χ0n) is 9.77. The minimum absolute atomic E-state index is 0.403. The zero-order chi connectivity index (χ0) is 11.5. The van der Waals surface area contributed by atoms with Gasteiger partial charge in [0.1, 0.15) is 0 Å². The fourth-order valence-corrected chi connectivity index (χ4v) is 2.11. The van der Waals surface area contributed by atoms with E-state index >= 15 is 0 Å². The van der Waals surface area contributed by atoms with Gasteiger partial charge in [0.05, 0.1) is 29.6 Å². The van der Waals surface area contributed by atoms with E-state index in [0.29, 0.717) is 6.04 Å². The number of anilines is 1. The average Bonchev–Trinajstić information content (AvgIpc) is 2.83. The van der Waals surface area contributed by atoms with E-state index in [1.54, 1.807) is 11.3 Å². The van der Waals surface area contributed by atoms with E-state index in [2.05, 4.69) is 29.2 Å². The topological polar surface area (TPSA) is 42.7 Å². The third-order valence-electron chi connectivity index (χ3n) is 2.43. The Morgan fingerprint density at radius 2 is 2.31 bits per heavy atom. The molecule has 0 fully saturated rings. The summed E-state index contributed by atoms with van der Waals surface area (Å²) < 4.78 is 1.95. The number of rotatable bonds is 4. The molecule has 2 heterocycles. The fraction of sp³-hybridized carbons (Fsp3) is 0.455. The second-order valence-electron chi connectivity index (χ2n) is 4.02. The molecule has 0 spiro atoms. The molecule has 0 saturated carbocycles. The normalized spacial score (nSPS) is 11.0. The quantitative estimate of drug-likeness (QED) is 0.887. The molecule has 2 aromatic rings. The number of nitrogens with one attached hydrogen (secondary N) is 1. The molecule has 0 aliphatic carbocycles. The lowest BCUT2D eigenvalue weighted by Gasteiger charge is -2.04. The number of hydrogen-bond donors (Lipinski definition) is 1. The van der Waals surface area contributed by atoms with Crippen LogP contribution in [0.2, 0.25) is 0 Å². The highest BCUT2D eigenvalue weighted by Gasteiger charge is 2.03. The van der Waals surface area contributed by atoms with Crippen LogP contribution in [0, 0.1) is 6.92 Å². The Balaban J connectivity index is 1.97. The first-order chi connectivity index (χ1) is 7.66. The predicted molar refractivity (Wildman–Crippen MR) is 66.8 cm³/mol. The third-order valence-corrected chi connectivity index (χ3v) is 3.36. The van der Waals surface area contributed by atoms with Gasteiger partial charge >= 0.3 is 0 Å². The predicted octanol–water partition coefficient (Wildman–Crippen LogP) is 2.84. The van der Waals surface area contributed by atoms with Crippen LogP contribution in [0.5, 0.6) is 0 Å². The Bertz CT molecular complexity index is 458. The number of hydrogen-bond acceptors (Lipinski definition) is 4. The molecule has 16 heavy (non-hydrogen) atoms. The van der Waals surface area contributed by atoms with Crippen molar-refractivity contribution >= 4 is 17.0 Å². The third kappa shape index (κ3) is 2.41. The highest BCUT2D eigenvalue weighted by Crippen LogP contribution is 2.15. The summed E-state index contributed by atoms with van der Waals surface area (Å²) in [4.78, 5) is 5.50. The van der Waals surface area contributed by atoms with Crippen LogP contribution in [-0.4, -0.2) is 14.8 Å². The molecule has 0 aliphatic heterocycles. The Morgan fingerprint density at radius 3 is 2.88 bits per heavy atom. The van der Waals surface area contributed by atoms with Crippen molar-refractivity contribution in [2.45, 2.75) is 33.4 Å². The number of nitrogens with zero attached hydrogens (tertiary/aromatic N) is 3. The first kappa shape index (κ1) is 11.1. The molecule has 0 radical (unpaired) electrons. The molecule has 0 saturated heterocycles.